The predicted octanol–water partition coefficient (Wildman–Crippen LogP) is 0.178. The smallest absolute Gasteiger partial charge is 0.341 e. The maximum Gasteiger partial charge on any atom is 0.341 e. The molecule has 0 saturated heterocycles. The number of nitrogens with zero attached hydrogens (tertiary/aromatic N) is 1. The monoisotopic (exact) mass is 217 g/mol. The third-order valence-electron chi connectivity index (χ3n) is 2.13. The Bertz CT molecular complexity index is 231. The van der Waals surface area contributed by atoms with Crippen molar-refractivity contribution >= 4 is 11.9 Å². The Hall–Kier alpha value is -1.30. The van der Waals surface area contributed by atoms with Crippen molar-refractivity contribution in [2.75, 3.05) is 14.1 Å². The number of hydrogen-bond donors (Lipinski definition) is 3. The van der Waals surface area contributed by atoms with E-state index in [1.54, 1.807) is 0 Å². The van der Waals surface area contributed by atoms with Gasteiger partial charge in [0.05, 0.1) is 0 Å². The summed E-state index contributed by atoms with van der Waals surface area (Å²) in [5, 5.41) is 11.0. The fourth-order valence-corrected chi connectivity index (χ4v) is 1.27. The van der Waals surface area contributed by atoms with E-state index in [1.165, 1.54) is 24.5 Å². The molecule has 3 N–H and O–H groups in total. The number of carbonyl (C=O) groups is 2. The minimum atomic E-state index is -0.691. The molecule has 0 aliphatic carbocycles. The molecule has 3 amide bonds. The summed E-state index contributed by atoms with van der Waals surface area (Å²) in [6.07, 6.45) is 0.545. The molecule has 0 spiro atoms. The average molecular weight is 217 g/mol. The van der Waals surface area contributed by atoms with Crippen molar-refractivity contribution in [3.8, 4) is 0 Å². The largest absolute Gasteiger partial charge is 0.357 e. The molecule has 6 nitrogen and oxygen atoms in total. The van der Waals surface area contributed by atoms with Gasteiger partial charge in [-0.1, -0.05) is 13.8 Å². The van der Waals surface area contributed by atoms with Gasteiger partial charge in [-0.05, 0) is 12.3 Å². The quantitative estimate of drug-likeness (QED) is 0.464. The van der Waals surface area contributed by atoms with E-state index in [9.17, 15) is 9.59 Å². The Kier molecular flexibility index (Phi) is 5.69. The lowest BCUT2D eigenvalue weighted by molar-refractivity contribution is -0.125. The third-order valence-corrected chi connectivity index (χ3v) is 2.13. The van der Waals surface area contributed by atoms with Crippen LogP contribution in [0.15, 0.2) is 0 Å². The maximum absolute atomic E-state index is 11.5. The van der Waals surface area contributed by atoms with E-state index in [-0.39, 0.29) is 11.8 Å². The fourth-order valence-electron chi connectivity index (χ4n) is 1.27. The fraction of sp³-hybridized carbons (Fsp3) is 0.778. The van der Waals surface area contributed by atoms with E-state index >= 15 is 0 Å². The number of hydrogen-bond acceptors (Lipinski definition) is 3. The predicted molar refractivity (Wildman–Crippen MR) is 55.4 cm³/mol. The number of urea groups is 1. The van der Waals surface area contributed by atoms with Gasteiger partial charge in [0.2, 0.25) is 5.91 Å². The normalized spacial score (nSPS) is 12.1. The van der Waals surface area contributed by atoms with Crippen LogP contribution in [0.25, 0.3) is 0 Å². The summed E-state index contributed by atoms with van der Waals surface area (Å²) in [6, 6.07) is -1.26. The van der Waals surface area contributed by atoms with Gasteiger partial charge in [0, 0.05) is 14.1 Å². The molecule has 0 radical (unpaired) electrons. The molecule has 0 aromatic carbocycles. The van der Waals surface area contributed by atoms with Gasteiger partial charge in [-0.15, -0.1) is 0 Å². The molecule has 15 heavy (non-hydrogen) atoms. The second kappa shape index (κ2) is 6.23. The summed E-state index contributed by atoms with van der Waals surface area (Å²) in [7, 11) is 2.98. The van der Waals surface area contributed by atoms with Gasteiger partial charge in [-0.3, -0.25) is 10.0 Å². The lowest BCUT2D eigenvalue weighted by Crippen LogP contribution is -2.50. The zero-order chi connectivity index (χ0) is 12.0. The minimum Gasteiger partial charge on any atom is -0.357 e. The van der Waals surface area contributed by atoms with Crippen LogP contribution in [0.3, 0.4) is 0 Å². The molecule has 0 rings (SSSR count). The Labute approximate surface area is 89.6 Å². The zero-order valence-electron chi connectivity index (χ0n) is 9.57. The zero-order valence-corrected chi connectivity index (χ0v) is 9.57. The molecule has 0 unspecified atom stereocenters. The van der Waals surface area contributed by atoms with Crippen molar-refractivity contribution in [2.24, 2.45) is 5.92 Å². The summed E-state index contributed by atoms with van der Waals surface area (Å²) in [4.78, 5) is 23.8. The van der Waals surface area contributed by atoms with Gasteiger partial charge in [0.1, 0.15) is 6.04 Å². The van der Waals surface area contributed by atoms with E-state index < -0.39 is 12.1 Å². The van der Waals surface area contributed by atoms with E-state index in [0.717, 1.165) is 0 Å². The molecule has 0 aliphatic heterocycles. The molecular weight excluding hydrogens is 198 g/mol. The molecule has 1 atom stereocenters. The van der Waals surface area contributed by atoms with E-state index in [0.29, 0.717) is 6.42 Å². The highest BCUT2D eigenvalue weighted by Gasteiger charge is 2.26. The van der Waals surface area contributed by atoms with E-state index in [2.05, 4.69) is 5.32 Å². The highest BCUT2D eigenvalue weighted by molar-refractivity contribution is 5.86. The molecule has 0 saturated carbocycles. The van der Waals surface area contributed by atoms with Crippen LogP contribution >= 0.6 is 0 Å². The Morgan fingerprint density at radius 3 is 2.27 bits per heavy atom. The molecule has 0 aliphatic rings. The van der Waals surface area contributed by atoms with Crippen molar-refractivity contribution in [1.82, 2.24) is 15.7 Å². The highest BCUT2D eigenvalue weighted by Crippen LogP contribution is 2.10. The standard InChI is InChI=1S/C9H19N3O3/c1-6(2)5-7(8(13)10-3)12(4)9(14)11-15/h6-7,15H,5H2,1-4H3,(H,10,13)(H,11,14)/t7-/m0/s1. The first kappa shape index (κ1) is 13.7. The van der Waals surface area contributed by atoms with Crippen LogP contribution in [0.4, 0.5) is 4.79 Å². The first-order chi connectivity index (χ1) is 6.93. The van der Waals surface area contributed by atoms with Crippen molar-refractivity contribution < 1.29 is 14.8 Å². The Morgan fingerprint density at radius 1 is 1.40 bits per heavy atom. The van der Waals surface area contributed by atoms with Crippen molar-refractivity contribution in [1.29, 1.82) is 0 Å². The molecule has 0 fully saturated rings. The van der Waals surface area contributed by atoms with Crippen molar-refractivity contribution in [3.63, 3.8) is 0 Å². The van der Waals surface area contributed by atoms with Gasteiger partial charge < -0.3 is 10.2 Å². The van der Waals surface area contributed by atoms with Gasteiger partial charge in [-0.2, -0.15) is 0 Å². The third kappa shape index (κ3) is 4.16. The van der Waals surface area contributed by atoms with Crippen LogP contribution in [0, 0.1) is 5.92 Å². The molecule has 0 aromatic heterocycles. The SMILES string of the molecule is CNC(=O)[C@H](CC(C)C)N(C)C(=O)NO. The molecule has 6 heteroatoms. The Morgan fingerprint density at radius 2 is 1.93 bits per heavy atom. The molecule has 0 bridgehead atoms. The molecule has 0 heterocycles. The summed E-state index contributed by atoms with van der Waals surface area (Å²) in [5.41, 5.74) is 1.50. The van der Waals surface area contributed by atoms with Crippen LogP contribution in [0.2, 0.25) is 0 Å². The van der Waals surface area contributed by atoms with Gasteiger partial charge in [0.25, 0.3) is 0 Å². The van der Waals surface area contributed by atoms with Crippen molar-refractivity contribution in [2.45, 2.75) is 26.3 Å². The van der Waals surface area contributed by atoms with Crippen LogP contribution in [0.5, 0.6) is 0 Å². The molecular formula is C9H19N3O3. The number of likely N-dealkylation sites (N-methyl/N-ethyl adjacent to an activating group) is 2. The average Bonchev–Trinajstić information content (AvgIpc) is 2.22. The number of hydroxylamine groups is 1. The van der Waals surface area contributed by atoms with E-state index in [4.69, 9.17) is 5.21 Å². The topological polar surface area (TPSA) is 81.7 Å². The van der Waals surface area contributed by atoms with Crippen LogP contribution < -0.4 is 10.8 Å². The second-order valence-corrected chi connectivity index (χ2v) is 3.79. The van der Waals surface area contributed by atoms with Crippen molar-refractivity contribution in [3.05, 3.63) is 0 Å². The van der Waals surface area contributed by atoms with Crippen LogP contribution in [-0.2, 0) is 4.79 Å². The number of carbonyl (C=O) groups excluding carboxylic acids is 2. The van der Waals surface area contributed by atoms with Gasteiger partial charge in [0.15, 0.2) is 0 Å². The Balaban J connectivity index is 4.61. The van der Waals surface area contributed by atoms with Gasteiger partial charge in [-0.25, -0.2) is 10.3 Å². The number of nitrogens with one attached hydrogen (secondary N) is 2. The highest BCUT2D eigenvalue weighted by atomic mass is 16.5. The maximum atomic E-state index is 11.5. The summed E-state index contributed by atoms with van der Waals surface area (Å²) in [5.74, 6) is 0.0380. The lowest BCUT2D eigenvalue weighted by Gasteiger charge is -2.27. The second-order valence-electron chi connectivity index (χ2n) is 3.79. The first-order valence-corrected chi connectivity index (χ1v) is 4.82. The minimum absolute atomic E-state index is 0.241. The van der Waals surface area contributed by atoms with E-state index in [1.807, 2.05) is 13.8 Å². The first-order valence-electron chi connectivity index (χ1n) is 4.82. The summed E-state index contributed by atoms with van der Waals surface area (Å²) in [6.45, 7) is 3.92. The number of amides is 3. The summed E-state index contributed by atoms with van der Waals surface area (Å²) >= 11 is 0. The van der Waals surface area contributed by atoms with Crippen LogP contribution in [0.1, 0.15) is 20.3 Å². The van der Waals surface area contributed by atoms with Gasteiger partial charge >= 0.3 is 6.03 Å². The number of rotatable bonds is 4. The molecule has 0 aromatic rings. The van der Waals surface area contributed by atoms with Crippen LogP contribution in [-0.4, -0.2) is 42.2 Å². The lowest BCUT2D eigenvalue weighted by atomic mass is 10.0. The summed E-state index contributed by atoms with van der Waals surface area (Å²) < 4.78 is 0. The molecule has 88 valence electrons.